The van der Waals surface area contributed by atoms with Crippen LogP contribution in [0.2, 0.25) is 0 Å². The Morgan fingerprint density at radius 3 is 3.00 bits per heavy atom. The molecular weight excluding hydrogens is 266 g/mol. The van der Waals surface area contributed by atoms with Crippen LogP contribution in [-0.2, 0) is 11.8 Å². The third-order valence-corrected chi connectivity index (χ3v) is 3.44. The normalized spacial score (nSPS) is 26.4. The highest BCUT2D eigenvalue weighted by Gasteiger charge is 2.38. The molecule has 0 aromatic carbocycles. The van der Waals surface area contributed by atoms with Gasteiger partial charge in [-0.2, -0.15) is 0 Å². The Balaban J connectivity index is 2.09. The minimum Gasteiger partial charge on any atom is -0.856 e. The third kappa shape index (κ3) is 1.87. The third-order valence-electron chi connectivity index (χ3n) is 3.44. The molecule has 9 heteroatoms. The van der Waals surface area contributed by atoms with Crippen LogP contribution in [0.4, 0.5) is 5.95 Å². The maximum atomic E-state index is 11.8. The Morgan fingerprint density at radius 1 is 1.60 bits per heavy atom. The fraction of sp³-hybridized carbons (Fsp3) is 0.545. The minimum absolute atomic E-state index is 0.111. The van der Waals surface area contributed by atoms with Crippen LogP contribution >= 0.6 is 0 Å². The Hall–Kier alpha value is -1.97. The van der Waals surface area contributed by atoms with Gasteiger partial charge in [-0.3, -0.25) is 4.57 Å². The van der Waals surface area contributed by atoms with E-state index >= 15 is 0 Å². The van der Waals surface area contributed by atoms with E-state index in [2.05, 4.69) is 9.97 Å². The van der Waals surface area contributed by atoms with Gasteiger partial charge in [0.1, 0.15) is 6.10 Å². The van der Waals surface area contributed by atoms with Gasteiger partial charge < -0.3 is 25.8 Å². The zero-order valence-corrected chi connectivity index (χ0v) is 10.8. The smallest absolute Gasteiger partial charge is 0.308 e. The summed E-state index contributed by atoms with van der Waals surface area (Å²) in [5.41, 5.74) is 6.17. The summed E-state index contributed by atoms with van der Waals surface area (Å²) < 4.78 is 8.76. The van der Waals surface area contributed by atoms with Crippen LogP contribution in [0.3, 0.4) is 0 Å². The largest absolute Gasteiger partial charge is 0.856 e. The number of aliphatic hydroxyl groups excluding tert-OH is 2. The predicted octanol–water partition coefficient (Wildman–Crippen LogP) is -2.45. The van der Waals surface area contributed by atoms with E-state index in [0.717, 1.165) is 0 Å². The maximum Gasteiger partial charge on any atom is 0.308 e. The summed E-state index contributed by atoms with van der Waals surface area (Å²) in [6, 6.07) is 0. The molecule has 3 rings (SSSR count). The number of hydrogen-bond donors (Lipinski definition) is 3. The van der Waals surface area contributed by atoms with Gasteiger partial charge in [-0.05, 0) is 0 Å². The number of hydrogen-bond acceptors (Lipinski definition) is 7. The van der Waals surface area contributed by atoms with Crippen molar-refractivity contribution < 1.29 is 24.6 Å². The van der Waals surface area contributed by atoms with E-state index in [0.29, 0.717) is 17.6 Å². The van der Waals surface area contributed by atoms with Gasteiger partial charge >= 0.3 is 5.65 Å². The Labute approximate surface area is 113 Å². The second kappa shape index (κ2) is 4.54. The van der Waals surface area contributed by atoms with Crippen molar-refractivity contribution in [3.05, 3.63) is 6.33 Å². The molecule has 20 heavy (non-hydrogen) atoms. The van der Waals surface area contributed by atoms with Gasteiger partial charge in [-0.15, -0.1) is 0 Å². The van der Waals surface area contributed by atoms with Crippen LogP contribution < -0.4 is 15.4 Å². The number of rotatable bonds is 2. The highest BCUT2D eigenvalue weighted by molar-refractivity contribution is 5.73. The van der Waals surface area contributed by atoms with E-state index in [1.165, 1.54) is 0 Å². The molecule has 1 fully saturated rings. The van der Waals surface area contributed by atoms with Crippen molar-refractivity contribution in [1.82, 2.24) is 14.5 Å². The Kier molecular flexibility index (Phi) is 2.96. The molecule has 2 aromatic heterocycles. The first-order valence-electron chi connectivity index (χ1n) is 6.16. The monoisotopic (exact) mass is 281 g/mol. The Morgan fingerprint density at radius 2 is 2.35 bits per heavy atom. The van der Waals surface area contributed by atoms with Gasteiger partial charge in [-0.25, -0.2) is 9.55 Å². The summed E-state index contributed by atoms with van der Waals surface area (Å²) in [6.45, 7) is -0.271. The summed E-state index contributed by atoms with van der Waals surface area (Å²) in [4.78, 5) is 7.66. The number of fused-ring (bicyclic) bond motifs is 1. The molecule has 108 valence electrons. The lowest BCUT2D eigenvalue weighted by atomic mass is 10.2. The van der Waals surface area contributed by atoms with E-state index in [4.69, 9.17) is 15.6 Å². The lowest BCUT2D eigenvalue weighted by molar-refractivity contribution is -0.739. The molecule has 0 unspecified atom stereocenters. The van der Waals surface area contributed by atoms with Crippen molar-refractivity contribution in [2.45, 2.75) is 24.9 Å². The van der Waals surface area contributed by atoms with Crippen LogP contribution in [-0.4, -0.2) is 43.6 Å². The molecule has 0 spiro atoms. The average Bonchev–Trinajstić information content (AvgIpc) is 2.90. The van der Waals surface area contributed by atoms with Gasteiger partial charge in [0.05, 0.1) is 19.8 Å². The molecule has 0 saturated carbocycles. The fourth-order valence-corrected chi connectivity index (χ4v) is 2.49. The lowest BCUT2D eigenvalue weighted by Crippen LogP contribution is -2.39. The Bertz CT molecular complexity index is 658. The molecule has 1 aliphatic rings. The molecule has 0 aliphatic carbocycles. The van der Waals surface area contributed by atoms with Crippen molar-refractivity contribution in [3.63, 3.8) is 0 Å². The molecule has 0 radical (unpaired) electrons. The first-order chi connectivity index (χ1) is 9.51. The molecule has 0 bridgehead atoms. The summed E-state index contributed by atoms with van der Waals surface area (Å²) in [5, 5.41) is 30.7. The summed E-state index contributed by atoms with van der Waals surface area (Å²) >= 11 is 0. The van der Waals surface area contributed by atoms with E-state index in [-0.39, 0.29) is 12.6 Å². The number of aromatic nitrogens is 4. The van der Waals surface area contributed by atoms with Crippen molar-refractivity contribution in [2.24, 2.45) is 7.05 Å². The number of anilines is 1. The molecule has 1 aliphatic heterocycles. The number of nitrogen functional groups attached to an aromatic ring is 1. The van der Waals surface area contributed by atoms with Gasteiger partial charge in [-0.1, -0.05) is 4.98 Å². The number of nitrogens with two attached hydrogens (primary N) is 1. The first-order valence-corrected chi connectivity index (χ1v) is 6.16. The lowest BCUT2D eigenvalue weighted by Gasteiger charge is -2.10. The average molecular weight is 281 g/mol. The van der Waals surface area contributed by atoms with Crippen LogP contribution in [0, 0.1) is 0 Å². The summed E-state index contributed by atoms with van der Waals surface area (Å²) in [5.74, 6) is -0.578. The van der Waals surface area contributed by atoms with E-state index < -0.39 is 24.3 Å². The maximum absolute atomic E-state index is 11.8. The molecule has 3 heterocycles. The second-order valence-corrected chi connectivity index (χ2v) is 4.81. The minimum atomic E-state index is -0.765. The molecule has 1 saturated heterocycles. The van der Waals surface area contributed by atoms with Crippen LogP contribution in [0.25, 0.3) is 11.2 Å². The molecule has 4 N–H and O–H groups in total. The van der Waals surface area contributed by atoms with Crippen molar-refractivity contribution >= 4 is 17.1 Å². The number of imidazole rings is 1. The van der Waals surface area contributed by atoms with Crippen LogP contribution in [0.5, 0.6) is 5.88 Å². The van der Waals surface area contributed by atoms with E-state index in [1.807, 2.05) is 0 Å². The van der Waals surface area contributed by atoms with E-state index in [1.54, 1.807) is 22.5 Å². The highest BCUT2D eigenvalue weighted by Crippen LogP contribution is 2.27. The van der Waals surface area contributed by atoms with Crippen molar-refractivity contribution in [2.75, 3.05) is 12.3 Å². The zero-order chi connectivity index (χ0) is 14.4. The highest BCUT2D eigenvalue weighted by atomic mass is 16.5. The fourth-order valence-electron chi connectivity index (χ4n) is 2.49. The number of nitrogens with zero attached hydrogens (tertiary/aromatic N) is 4. The van der Waals surface area contributed by atoms with Crippen LogP contribution in [0.1, 0.15) is 12.6 Å². The van der Waals surface area contributed by atoms with E-state index in [9.17, 15) is 10.2 Å². The second-order valence-electron chi connectivity index (χ2n) is 4.81. The quantitative estimate of drug-likeness (QED) is 0.520. The van der Waals surface area contributed by atoms with Crippen molar-refractivity contribution in [1.29, 1.82) is 0 Å². The number of aryl methyl sites for hydroxylation is 1. The van der Waals surface area contributed by atoms with Gasteiger partial charge in [0, 0.05) is 12.3 Å². The SMILES string of the molecule is Cn1c[n+]([C@H]2C[C@H](O)[C@@H](CO)O2)c2nc(N)nc([O-])c21. The van der Waals surface area contributed by atoms with Gasteiger partial charge in [0.25, 0.3) is 5.95 Å². The molecule has 9 nitrogen and oxygen atoms in total. The number of ether oxygens (including phenoxy) is 1. The standard InChI is InChI=1S/C11H15N5O4/c1-15-4-16(7-2-5(18)6(3-17)20-7)9-8(15)10(19)14-11(12)13-9/h4-7,17-18H,2-3H2,1H3,(H2-,12,13,14,19)/t5-,6+,7+/m0/s1. The molecule has 2 aromatic rings. The zero-order valence-electron chi connectivity index (χ0n) is 10.8. The summed E-state index contributed by atoms with van der Waals surface area (Å²) in [7, 11) is 1.69. The molecule has 0 amide bonds. The van der Waals surface area contributed by atoms with Crippen LogP contribution in [0.15, 0.2) is 6.33 Å². The predicted molar refractivity (Wildman–Crippen MR) is 64.2 cm³/mol. The molecular formula is C11H15N5O4. The summed E-state index contributed by atoms with van der Waals surface area (Å²) in [6.07, 6.45) is 0.0108. The molecule has 3 atom stereocenters. The van der Waals surface area contributed by atoms with Gasteiger partial charge in [0.2, 0.25) is 0 Å². The first kappa shape index (κ1) is 13.0. The van der Waals surface area contributed by atoms with Gasteiger partial charge in [0.15, 0.2) is 18.1 Å². The number of aliphatic hydroxyl groups is 2. The van der Waals surface area contributed by atoms with Crippen molar-refractivity contribution in [3.8, 4) is 5.88 Å². The topological polar surface area (TPSA) is 133 Å².